The second-order valence-corrected chi connectivity index (χ2v) is 15.8. The minimum atomic E-state index is -1.17. The van der Waals surface area contributed by atoms with Crippen molar-refractivity contribution in [2.45, 2.75) is 136 Å². The predicted octanol–water partition coefficient (Wildman–Crippen LogP) is 2.84. The van der Waals surface area contributed by atoms with Gasteiger partial charge in [0, 0.05) is 56.2 Å². The Labute approximate surface area is 463 Å². The fourth-order valence-corrected chi connectivity index (χ4v) is 5.25. The molecule has 0 aromatic heterocycles. The van der Waals surface area contributed by atoms with Gasteiger partial charge in [-0.15, -0.1) is 0 Å². The SMILES string of the molecule is COC(CC[C@H](C)C(=O)O)OC.COC(CC[C@H](C)C(=O)O)OC.COC(CC[C@H](C)C(=O)OCc1ccccc1)OC.COC([O-])CC[C@H](N)C(=O)O.C[C@@H](CCC=O)C(=O)OCc1ccccc1.[K+]. The van der Waals surface area contributed by atoms with E-state index < -0.39 is 30.2 Å². The fraction of sp³-hybridized carbons (Fsp3) is 0.640. The molecule has 1 unspecified atom stereocenters. The number of methoxy groups -OCH3 is 7. The number of hydrogen-bond donors (Lipinski definition) is 4. The molecule has 2 aromatic carbocycles. The van der Waals surface area contributed by atoms with Gasteiger partial charge in [0.05, 0.1) is 23.7 Å². The number of carbonyl (C=O) groups excluding carboxylic acids is 3. The molecule has 6 atom stereocenters. The average Bonchev–Trinajstić information content (AvgIpc) is 3.37. The molecule has 2 rings (SSSR count). The molecule has 21 heteroatoms. The van der Waals surface area contributed by atoms with Crippen molar-refractivity contribution in [1.29, 1.82) is 0 Å². The van der Waals surface area contributed by atoms with Crippen molar-refractivity contribution in [3.05, 3.63) is 71.8 Å². The third-order valence-corrected chi connectivity index (χ3v) is 10.2. The molecule has 71 heavy (non-hydrogen) atoms. The summed E-state index contributed by atoms with van der Waals surface area (Å²) in [4.78, 5) is 64.4. The molecule has 2 aromatic rings. The van der Waals surface area contributed by atoms with E-state index in [1.54, 1.807) is 63.4 Å². The number of carboxylic acids is 3. The molecule has 0 bridgehead atoms. The van der Waals surface area contributed by atoms with E-state index in [1.165, 1.54) is 7.11 Å². The number of hydrogen-bond acceptors (Lipinski definition) is 17. The Balaban J connectivity index is -0.000000401. The molecule has 0 heterocycles. The van der Waals surface area contributed by atoms with Gasteiger partial charge in [-0.05, 0) is 75.2 Å². The third-order valence-electron chi connectivity index (χ3n) is 10.2. The van der Waals surface area contributed by atoms with E-state index in [9.17, 15) is 33.9 Å². The van der Waals surface area contributed by atoms with Crippen molar-refractivity contribution in [3.8, 4) is 0 Å². The number of carboxylic acid groups (broad SMARTS) is 3. The van der Waals surface area contributed by atoms with Gasteiger partial charge >= 0.3 is 81.2 Å². The first-order valence-electron chi connectivity index (χ1n) is 22.9. The van der Waals surface area contributed by atoms with Crippen LogP contribution in [0.25, 0.3) is 0 Å². The van der Waals surface area contributed by atoms with Crippen LogP contribution in [-0.4, -0.2) is 132 Å². The molecule has 0 aliphatic heterocycles. The molecule has 5 N–H and O–H groups in total. The molecule has 402 valence electrons. The monoisotopic (exact) mass is 1040 g/mol. The normalized spacial score (nSPS) is 13.0. The van der Waals surface area contributed by atoms with Gasteiger partial charge in [-0.1, -0.05) is 88.4 Å². The molecule has 0 spiro atoms. The van der Waals surface area contributed by atoms with E-state index in [-0.39, 0.29) is 119 Å². The van der Waals surface area contributed by atoms with Crippen molar-refractivity contribution < 1.29 is 143 Å². The Kier molecular flexibility index (Phi) is 51.2. The number of benzene rings is 2. The van der Waals surface area contributed by atoms with E-state index in [0.717, 1.165) is 17.4 Å². The summed E-state index contributed by atoms with van der Waals surface area (Å²) in [7, 11) is 10.6. The van der Waals surface area contributed by atoms with E-state index in [0.29, 0.717) is 64.6 Å². The van der Waals surface area contributed by atoms with Gasteiger partial charge < -0.3 is 73.6 Å². The quantitative estimate of drug-likeness (QED) is 0.0365. The first-order chi connectivity index (χ1) is 33.2. The summed E-state index contributed by atoms with van der Waals surface area (Å²) in [5.41, 5.74) is 7.09. The Hall–Kier alpha value is -3.26. The Bertz CT molecular complexity index is 1580. The summed E-state index contributed by atoms with van der Waals surface area (Å²) < 4.78 is 44.6. The molecule has 0 aliphatic rings. The van der Waals surface area contributed by atoms with Crippen LogP contribution in [0.15, 0.2) is 60.7 Å². The topological polar surface area (TPSA) is 295 Å². The zero-order valence-corrected chi connectivity index (χ0v) is 47.1. The summed E-state index contributed by atoms with van der Waals surface area (Å²) in [6, 6.07) is 18.2. The number of aliphatic carboxylic acids is 3. The van der Waals surface area contributed by atoms with E-state index in [4.69, 9.17) is 58.9 Å². The van der Waals surface area contributed by atoms with Crippen molar-refractivity contribution in [2.75, 3.05) is 49.8 Å². The van der Waals surface area contributed by atoms with Gasteiger partial charge in [-0.3, -0.25) is 24.0 Å². The van der Waals surface area contributed by atoms with Gasteiger partial charge in [0.1, 0.15) is 25.5 Å². The maximum atomic E-state index is 11.8. The van der Waals surface area contributed by atoms with E-state index >= 15 is 0 Å². The molecule has 0 amide bonds. The van der Waals surface area contributed by atoms with Crippen molar-refractivity contribution in [1.82, 2.24) is 0 Å². The van der Waals surface area contributed by atoms with E-state index in [2.05, 4.69) is 4.74 Å². The smallest absolute Gasteiger partial charge is 0.831 e. The van der Waals surface area contributed by atoms with Crippen LogP contribution in [-0.2, 0) is 84.6 Å². The maximum Gasteiger partial charge on any atom is 1.00 e. The van der Waals surface area contributed by atoms with Crippen molar-refractivity contribution in [2.24, 2.45) is 29.4 Å². The summed E-state index contributed by atoms with van der Waals surface area (Å²) >= 11 is 0. The summed E-state index contributed by atoms with van der Waals surface area (Å²) in [5.74, 6) is -4.11. The number of aldehydes is 1. The second-order valence-electron chi connectivity index (χ2n) is 15.8. The predicted molar refractivity (Wildman–Crippen MR) is 256 cm³/mol. The Morgan fingerprint density at radius 1 is 0.493 bits per heavy atom. The van der Waals surface area contributed by atoms with Gasteiger partial charge in [-0.25, -0.2) is 0 Å². The molecule has 0 fully saturated rings. The van der Waals surface area contributed by atoms with E-state index in [1.807, 2.05) is 67.6 Å². The van der Waals surface area contributed by atoms with Crippen LogP contribution in [0.5, 0.6) is 0 Å². The van der Waals surface area contributed by atoms with Gasteiger partial charge in [-0.2, -0.15) is 0 Å². The largest absolute Gasteiger partial charge is 1.00 e. The Morgan fingerprint density at radius 3 is 1.10 bits per heavy atom. The molecule has 20 nitrogen and oxygen atoms in total. The summed E-state index contributed by atoms with van der Waals surface area (Å²) in [6.07, 6.45) is 3.78. The van der Waals surface area contributed by atoms with Gasteiger partial charge in [0.15, 0.2) is 18.9 Å². The molecule has 0 radical (unpaired) electrons. The van der Waals surface area contributed by atoms with Crippen LogP contribution in [0.1, 0.15) is 103 Å². The molecular weight excluding hydrogens is 958 g/mol. The maximum absolute atomic E-state index is 11.8. The number of nitrogens with two attached hydrogens (primary N) is 1. The first-order valence-corrected chi connectivity index (χ1v) is 22.9. The first kappa shape index (κ1) is 74.3. The average molecular weight is 1040 g/mol. The minimum absolute atomic E-state index is 0. The zero-order valence-electron chi connectivity index (χ0n) is 44.0. The number of ether oxygens (including phenoxy) is 9. The number of carbonyl (C=O) groups is 6. The number of rotatable bonds is 31. The van der Waals surface area contributed by atoms with Crippen LogP contribution in [0.2, 0.25) is 0 Å². The van der Waals surface area contributed by atoms with Crippen LogP contribution in [0.4, 0.5) is 0 Å². The van der Waals surface area contributed by atoms with Crippen LogP contribution < -0.4 is 62.2 Å². The Morgan fingerprint density at radius 2 is 0.817 bits per heavy atom. The standard InChI is InChI=1S/C15H22O4.C13H16O3.2C8H16O4.C6H12NO4.K/c1-12(9-10-14(17-2)18-3)15(16)19-11-13-7-5-4-6-8-13;1-11(6-5-9-14)13(15)16-10-12-7-3-2-4-8-12;2*1-6(8(9)10)4-5-7(11-2)12-3;1-11-5(8)3-2-4(7)6(9)10;/h4-8,12,14H,9-11H2,1-3H3;2-4,7-9,11H,5-6,10H2,1H3;2*6-7H,4-5H2,1-3H3,(H,9,10);4-5H,2-3,7H2,1H3,(H,9,10);/q;;;;-1;+1/t12-;11-;2*6-;4-,5?;/m00000./s1. The number of esters is 2. The molecule has 0 saturated carbocycles. The zero-order chi connectivity index (χ0) is 53.9. The van der Waals surface area contributed by atoms with Gasteiger partial charge in [0.25, 0.3) is 0 Å². The van der Waals surface area contributed by atoms with Crippen LogP contribution >= 0.6 is 0 Å². The van der Waals surface area contributed by atoms with Crippen molar-refractivity contribution >= 4 is 36.1 Å². The molecule has 0 aliphatic carbocycles. The summed E-state index contributed by atoms with van der Waals surface area (Å²) in [6.45, 7) is 7.59. The molecule has 0 saturated heterocycles. The van der Waals surface area contributed by atoms with Gasteiger partial charge in [0.2, 0.25) is 0 Å². The minimum Gasteiger partial charge on any atom is -0.831 e. The molecular formula is C50H82KNO19. The van der Waals surface area contributed by atoms with Crippen molar-refractivity contribution in [3.63, 3.8) is 0 Å². The summed E-state index contributed by atoms with van der Waals surface area (Å²) in [5, 5.41) is 36.0. The van der Waals surface area contributed by atoms with Crippen LogP contribution in [0, 0.1) is 23.7 Å². The fourth-order valence-electron chi connectivity index (χ4n) is 5.25. The third kappa shape index (κ3) is 42.9. The second kappa shape index (κ2) is 49.0. The van der Waals surface area contributed by atoms with Crippen LogP contribution in [0.3, 0.4) is 0 Å².